The Bertz CT molecular complexity index is 612. The topological polar surface area (TPSA) is 55.4 Å². The van der Waals surface area contributed by atoms with E-state index in [0.717, 1.165) is 5.56 Å². The van der Waals surface area contributed by atoms with Crippen LogP contribution in [0.2, 0.25) is 0 Å². The maximum atomic E-state index is 11.9. The van der Waals surface area contributed by atoms with Gasteiger partial charge in [0.15, 0.2) is 0 Å². The molecule has 0 bridgehead atoms. The molecule has 0 unspecified atom stereocenters. The van der Waals surface area contributed by atoms with Crippen LogP contribution in [0.15, 0.2) is 65.6 Å². The number of hydrogen-bond donors (Lipinski definition) is 1. The third kappa shape index (κ3) is 4.45. The lowest BCUT2D eigenvalue weighted by Gasteiger charge is -2.07. The van der Waals surface area contributed by atoms with Crippen molar-refractivity contribution in [3.8, 4) is 0 Å². The Labute approximate surface area is 119 Å². The second-order valence-electron chi connectivity index (χ2n) is 4.25. The molecule has 0 aliphatic heterocycles. The minimum absolute atomic E-state index is 0.254. The summed E-state index contributed by atoms with van der Waals surface area (Å²) < 4.78 is 31.7. The Morgan fingerprint density at radius 3 is 2.15 bits per heavy atom. The predicted octanol–water partition coefficient (Wildman–Crippen LogP) is 2.18. The molecule has 0 spiro atoms. The summed E-state index contributed by atoms with van der Waals surface area (Å²) in [6, 6.07) is 18.1. The molecule has 1 N–H and O–H groups in total. The van der Waals surface area contributed by atoms with Crippen molar-refractivity contribution in [3.63, 3.8) is 0 Å². The lowest BCUT2D eigenvalue weighted by atomic mass is 10.2. The van der Waals surface area contributed by atoms with Crippen LogP contribution in [0.5, 0.6) is 0 Å². The Morgan fingerprint density at radius 1 is 0.900 bits per heavy atom. The second kappa shape index (κ2) is 7.19. The Hall–Kier alpha value is -1.69. The summed E-state index contributed by atoms with van der Waals surface area (Å²) >= 11 is 0. The molecule has 106 valence electrons. The maximum absolute atomic E-state index is 11.9. The van der Waals surface area contributed by atoms with Crippen molar-refractivity contribution in [2.24, 2.45) is 0 Å². The largest absolute Gasteiger partial charge is 0.375 e. The molecule has 2 aromatic rings. The highest BCUT2D eigenvalue weighted by atomic mass is 32.2. The molecule has 5 heteroatoms. The van der Waals surface area contributed by atoms with Gasteiger partial charge in [0.05, 0.1) is 18.1 Å². The van der Waals surface area contributed by atoms with Gasteiger partial charge in [0.1, 0.15) is 0 Å². The van der Waals surface area contributed by atoms with Gasteiger partial charge in [-0.3, -0.25) is 0 Å². The van der Waals surface area contributed by atoms with Crippen molar-refractivity contribution < 1.29 is 13.2 Å². The minimum Gasteiger partial charge on any atom is -0.375 e. The first-order valence-corrected chi connectivity index (χ1v) is 7.83. The third-order valence-electron chi connectivity index (χ3n) is 2.70. The number of benzene rings is 2. The summed E-state index contributed by atoms with van der Waals surface area (Å²) in [5.41, 5.74) is 1.07. The molecule has 0 aliphatic carbocycles. The molecule has 2 rings (SSSR count). The van der Waals surface area contributed by atoms with Gasteiger partial charge in [0.25, 0.3) is 0 Å². The number of nitrogens with one attached hydrogen (secondary N) is 1. The zero-order valence-corrected chi connectivity index (χ0v) is 11.8. The first-order chi connectivity index (χ1) is 9.68. The fraction of sp³-hybridized carbons (Fsp3) is 0.200. The predicted molar refractivity (Wildman–Crippen MR) is 77.7 cm³/mol. The number of sulfonamides is 1. The quantitative estimate of drug-likeness (QED) is 0.796. The first-order valence-electron chi connectivity index (χ1n) is 6.35. The van der Waals surface area contributed by atoms with E-state index >= 15 is 0 Å². The Kier molecular flexibility index (Phi) is 5.29. The fourth-order valence-electron chi connectivity index (χ4n) is 1.70. The van der Waals surface area contributed by atoms with Crippen molar-refractivity contribution in [2.45, 2.75) is 11.5 Å². The molecule has 20 heavy (non-hydrogen) atoms. The van der Waals surface area contributed by atoms with E-state index in [0.29, 0.717) is 13.2 Å². The van der Waals surface area contributed by atoms with Crippen LogP contribution < -0.4 is 4.72 Å². The average molecular weight is 291 g/mol. The zero-order chi connectivity index (χ0) is 14.3. The summed E-state index contributed by atoms with van der Waals surface area (Å²) in [5, 5.41) is 0. The molecule has 2 aromatic carbocycles. The van der Waals surface area contributed by atoms with Crippen LogP contribution in [0, 0.1) is 0 Å². The average Bonchev–Trinajstić information content (AvgIpc) is 2.49. The van der Waals surface area contributed by atoms with E-state index in [-0.39, 0.29) is 11.4 Å². The maximum Gasteiger partial charge on any atom is 0.240 e. The molecule has 0 saturated heterocycles. The standard InChI is InChI=1S/C15H17NO3S/c17-20(18,15-9-5-2-6-10-15)16-11-12-19-13-14-7-3-1-4-8-14/h1-10,16H,11-13H2. The Morgan fingerprint density at radius 2 is 1.50 bits per heavy atom. The van der Waals surface area contributed by atoms with Gasteiger partial charge >= 0.3 is 0 Å². The van der Waals surface area contributed by atoms with Crippen LogP contribution in [0.1, 0.15) is 5.56 Å². The second-order valence-corrected chi connectivity index (χ2v) is 6.02. The van der Waals surface area contributed by atoms with Crippen molar-refractivity contribution in [3.05, 3.63) is 66.2 Å². The molecular weight excluding hydrogens is 274 g/mol. The highest BCUT2D eigenvalue weighted by Crippen LogP contribution is 2.06. The number of rotatable bonds is 7. The number of ether oxygens (including phenoxy) is 1. The molecule has 4 nitrogen and oxygen atoms in total. The minimum atomic E-state index is -3.44. The van der Waals surface area contributed by atoms with Crippen LogP contribution in [-0.2, 0) is 21.4 Å². The van der Waals surface area contributed by atoms with Crippen LogP contribution in [0.3, 0.4) is 0 Å². The van der Waals surface area contributed by atoms with E-state index in [4.69, 9.17) is 4.74 Å². The highest BCUT2D eigenvalue weighted by Gasteiger charge is 2.11. The van der Waals surface area contributed by atoms with Crippen molar-refractivity contribution in [1.29, 1.82) is 0 Å². The summed E-state index contributed by atoms with van der Waals surface area (Å²) in [6.45, 7) is 1.07. The zero-order valence-electron chi connectivity index (χ0n) is 11.0. The van der Waals surface area contributed by atoms with Crippen molar-refractivity contribution >= 4 is 10.0 Å². The molecule has 0 amide bonds. The van der Waals surface area contributed by atoms with Gasteiger partial charge in [-0.15, -0.1) is 0 Å². The van der Waals surface area contributed by atoms with Gasteiger partial charge in [-0.2, -0.15) is 0 Å². The fourth-order valence-corrected chi connectivity index (χ4v) is 2.73. The van der Waals surface area contributed by atoms with E-state index in [2.05, 4.69) is 4.72 Å². The molecular formula is C15H17NO3S. The van der Waals surface area contributed by atoms with Crippen LogP contribution in [0.25, 0.3) is 0 Å². The van der Waals surface area contributed by atoms with E-state index in [1.54, 1.807) is 30.3 Å². The van der Waals surface area contributed by atoms with E-state index in [1.165, 1.54) is 0 Å². The monoisotopic (exact) mass is 291 g/mol. The lowest BCUT2D eigenvalue weighted by molar-refractivity contribution is 0.126. The van der Waals surface area contributed by atoms with Crippen molar-refractivity contribution in [2.75, 3.05) is 13.2 Å². The molecule has 0 atom stereocenters. The van der Waals surface area contributed by atoms with Crippen molar-refractivity contribution in [1.82, 2.24) is 4.72 Å². The molecule has 0 aliphatic rings. The van der Waals surface area contributed by atoms with Gasteiger partial charge in [0.2, 0.25) is 10.0 Å². The molecule has 0 aromatic heterocycles. The van der Waals surface area contributed by atoms with Crippen LogP contribution >= 0.6 is 0 Å². The summed E-state index contributed by atoms with van der Waals surface area (Å²) in [7, 11) is -3.44. The Balaban J connectivity index is 1.74. The van der Waals surface area contributed by atoms with Gasteiger partial charge in [-0.25, -0.2) is 13.1 Å². The summed E-state index contributed by atoms with van der Waals surface area (Å²) in [5.74, 6) is 0. The molecule has 0 radical (unpaired) electrons. The van der Waals surface area contributed by atoms with E-state index in [9.17, 15) is 8.42 Å². The van der Waals surface area contributed by atoms with Gasteiger partial charge in [0, 0.05) is 6.54 Å². The van der Waals surface area contributed by atoms with Crippen LogP contribution in [0.4, 0.5) is 0 Å². The normalized spacial score (nSPS) is 11.4. The molecule has 0 saturated carbocycles. The van der Waals surface area contributed by atoms with Gasteiger partial charge in [-0.05, 0) is 17.7 Å². The molecule has 0 heterocycles. The first kappa shape index (κ1) is 14.7. The lowest BCUT2D eigenvalue weighted by Crippen LogP contribution is -2.27. The summed E-state index contributed by atoms with van der Waals surface area (Å²) in [6.07, 6.45) is 0. The van der Waals surface area contributed by atoms with E-state index < -0.39 is 10.0 Å². The SMILES string of the molecule is O=S(=O)(NCCOCc1ccccc1)c1ccccc1. The highest BCUT2D eigenvalue weighted by molar-refractivity contribution is 7.89. The number of hydrogen-bond acceptors (Lipinski definition) is 3. The van der Waals surface area contributed by atoms with Gasteiger partial charge < -0.3 is 4.74 Å². The smallest absolute Gasteiger partial charge is 0.240 e. The van der Waals surface area contributed by atoms with E-state index in [1.807, 2.05) is 30.3 Å². The third-order valence-corrected chi connectivity index (χ3v) is 4.18. The van der Waals surface area contributed by atoms with Crippen LogP contribution in [-0.4, -0.2) is 21.6 Å². The van der Waals surface area contributed by atoms with Gasteiger partial charge in [-0.1, -0.05) is 48.5 Å². The summed E-state index contributed by atoms with van der Waals surface area (Å²) in [4.78, 5) is 0.267. The molecule has 0 fully saturated rings.